The van der Waals surface area contributed by atoms with Gasteiger partial charge in [0.25, 0.3) is 0 Å². The fourth-order valence-corrected chi connectivity index (χ4v) is 1.81. The zero-order chi connectivity index (χ0) is 15.8. The lowest BCUT2D eigenvalue weighted by Crippen LogP contribution is -2.43. The third-order valence-corrected chi connectivity index (χ3v) is 3.28. The molecule has 0 unspecified atom stereocenters. The molecule has 1 aromatic heterocycles. The highest BCUT2D eigenvalue weighted by Gasteiger charge is 2.15. The second kappa shape index (κ2) is 8.41. The molecule has 7 nitrogen and oxygen atoms in total. The molecule has 0 aliphatic heterocycles. The van der Waals surface area contributed by atoms with E-state index < -0.39 is 0 Å². The maximum absolute atomic E-state index is 11.6. The number of nitrogens with one attached hydrogen (secondary N) is 3. The van der Waals surface area contributed by atoms with E-state index >= 15 is 0 Å². The Morgan fingerprint density at radius 2 is 1.95 bits per heavy atom. The van der Waals surface area contributed by atoms with Crippen molar-refractivity contribution >= 4 is 11.8 Å². The molecule has 0 fully saturated rings. The molecule has 1 aromatic rings. The Hall–Kier alpha value is -1.89. The molecule has 0 saturated heterocycles. The van der Waals surface area contributed by atoms with E-state index in [-0.39, 0.29) is 30.4 Å². The molecule has 21 heavy (non-hydrogen) atoms. The number of hydrogen-bond donors (Lipinski definition) is 3. The normalized spacial score (nSPS) is 13.5. The molecule has 0 radical (unpaired) electrons. The van der Waals surface area contributed by atoms with E-state index in [1.54, 1.807) is 0 Å². The summed E-state index contributed by atoms with van der Waals surface area (Å²) in [4.78, 5) is 22.3. The van der Waals surface area contributed by atoms with Gasteiger partial charge >= 0.3 is 0 Å². The van der Waals surface area contributed by atoms with Crippen molar-refractivity contribution in [2.45, 2.75) is 39.8 Å². The molecule has 3 N–H and O–H groups in total. The first-order valence-electron chi connectivity index (χ1n) is 7.15. The average molecular weight is 295 g/mol. The van der Waals surface area contributed by atoms with Gasteiger partial charge < -0.3 is 16.0 Å². The van der Waals surface area contributed by atoms with Crippen LogP contribution in [0.3, 0.4) is 0 Å². The average Bonchev–Trinajstić information content (AvgIpc) is 2.86. The smallest absolute Gasteiger partial charge is 0.234 e. The van der Waals surface area contributed by atoms with E-state index in [0.29, 0.717) is 13.1 Å². The second-order valence-electron chi connectivity index (χ2n) is 5.24. The van der Waals surface area contributed by atoms with Gasteiger partial charge in [-0.1, -0.05) is 0 Å². The zero-order valence-electron chi connectivity index (χ0n) is 13.1. The molecule has 2 atom stereocenters. The lowest BCUT2D eigenvalue weighted by atomic mass is 10.2. The quantitative estimate of drug-likeness (QED) is 0.588. The Labute approximate surface area is 125 Å². The number of nitrogens with zero attached hydrogens (tertiary/aromatic N) is 2. The van der Waals surface area contributed by atoms with Crippen molar-refractivity contribution in [2.24, 2.45) is 0 Å². The van der Waals surface area contributed by atoms with Crippen LogP contribution in [0.1, 0.15) is 32.4 Å². The maximum atomic E-state index is 11.6. The largest absolute Gasteiger partial charge is 0.355 e. The van der Waals surface area contributed by atoms with Crippen molar-refractivity contribution in [3.63, 3.8) is 0 Å². The Morgan fingerprint density at radius 3 is 2.52 bits per heavy atom. The summed E-state index contributed by atoms with van der Waals surface area (Å²) < 4.78 is 1.89. The van der Waals surface area contributed by atoms with Gasteiger partial charge in [-0.15, -0.1) is 0 Å². The number of amides is 2. The molecular weight excluding hydrogens is 270 g/mol. The van der Waals surface area contributed by atoms with Crippen LogP contribution in [-0.2, 0) is 9.59 Å². The van der Waals surface area contributed by atoms with Gasteiger partial charge in [-0.25, -0.2) is 0 Å². The van der Waals surface area contributed by atoms with Gasteiger partial charge in [0.2, 0.25) is 11.8 Å². The van der Waals surface area contributed by atoms with E-state index in [9.17, 15) is 9.59 Å². The Bertz CT molecular complexity index is 472. The van der Waals surface area contributed by atoms with Crippen LogP contribution < -0.4 is 16.0 Å². The van der Waals surface area contributed by atoms with Crippen molar-refractivity contribution in [1.82, 2.24) is 25.7 Å². The number of carbonyl (C=O) groups excluding carboxylic acids is 2. The first-order valence-corrected chi connectivity index (χ1v) is 7.15. The zero-order valence-corrected chi connectivity index (χ0v) is 13.1. The third kappa shape index (κ3) is 6.40. The summed E-state index contributed by atoms with van der Waals surface area (Å²) >= 11 is 0. The number of rotatable bonds is 8. The van der Waals surface area contributed by atoms with Gasteiger partial charge in [0.15, 0.2) is 0 Å². The summed E-state index contributed by atoms with van der Waals surface area (Å²) in [5.74, 6) is -0.185. The summed E-state index contributed by atoms with van der Waals surface area (Å²) in [5.41, 5.74) is 1.12. The van der Waals surface area contributed by atoms with Crippen molar-refractivity contribution in [1.29, 1.82) is 0 Å². The van der Waals surface area contributed by atoms with E-state index in [1.807, 2.05) is 30.9 Å². The van der Waals surface area contributed by atoms with E-state index in [2.05, 4.69) is 28.0 Å². The van der Waals surface area contributed by atoms with Gasteiger partial charge in [-0.3, -0.25) is 14.3 Å². The Morgan fingerprint density at radius 1 is 1.29 bits per heavy atom. The van der Waals surface area contributed by atoms with Crippen molar-refractivity contribution in [2.75, 3.05) is 19.6 Å². The summed E-state index contributed by atoms with van der Waals surface area (Å²) in [5, 5.41) is 12.8. The fraction of sp³-hybridized carbons (Fsp3) is 0.643. The van der Waals surface area contributed by atoms with Gasteiger partial charge in [0.1, 0.15) is 0 Å². The number of aryl methyl sites for hydroxylation is 1. The summed E-state index contributed by atoms with van der Waals surface area (Å²) in [6.45, 7) is 8.64. The van der Waals surface area contributed by atoms with Crippen LogP contribution in [0.4, 0.5) is 0 Å². The summed E-state index contributed by atoms with van der Waals surface area (Å²) in [6.07, 6.45) is 3.80. The Balaban J connectivity index is 2.24. The minimum atomic E-state index is -0.0978. The maximum Gasteiger partial charge on any atom is 0.234 e. The highest BCUT2D eigenvalue weighted by Crippen LogP contribution is 2.10. The summed E-state index contributed by atoms with van der Waals surface area (Å²) in [6, 6.07) is 0.274. The molecule has 2 amide bonds. The molecule has 0 bridgehead atoms. The van der Waals surface area contributed by atoms with Crippen LogP contribution in [0.2, 0.25) is 0 Å². The van der Waals surface area contributed by atoms with Gasteiger partial charge in [-0.05, 0) is 26.3 Å². The van der Waals surface area contributed by atoms with Gasteiger partial charge in [0.05, 0.1) is 18.8 Å². The molecule has 7 heteroatoms. The van der Waals surface area contributed by atoms with E-state index in [1.165, 1.54) is 6.92 Å². The highest BCUT2D eigenvalue weighted by molar-refractivity contribution is 5.78. The molecule has 0 aliphatic rings. The molecule has 1 rings (SSSR count). The lowest BCUT2D eigenvalue weighted by Gasteiger charge is -2.21. The topological polar surface area (TPSA) is 88.0 Å². The van der Waals surface area contributed by atoms with Gasteiger partial charge in [-0.2, -0.15) is 5.10 Å². The van der Waals surface area contributed by atoms with Crippen LogP contribution in [0, 0.1) is 6.92 Å². The fourth-order valence-electron chi connectivity index (χ4n) is 1.81. The van der Waals surface area contributed by atoms with Crippen LogP contribution in [0.5, 0.6) is 0 Å². The monoisotopic (exact) mass is 295 g/mol. The minimum absolute atomic E-state index is 0.0870. The predicted molar refractivity (Wildman–Crippen MR) is 80.8 cm³/mol. The molecular formula is C14H25N5O2. The number of hydrogen-bond acceptors (Lipinski definition) is 4. The molecule has 118 valence electrons. The van der Waals surface area contributed by atoms with E-state index in [0.717, 1.165) is 5.56 Å². The lowest BCUT2D eigenvalue weighted by molar-refractivity contribution is -0.121. The first-order chi connectivity index (χ1) is 9.90. The molecule has 0 spiro atoms. The second-order valence-corrected chi connectivity index (χ2v) is 5.24. The van der Waals surface area contributed by atoms with Crippen LogP contribution >= 0.6 is 0 Å². The summed E-state index contributed by atoms with van der Waals surface area (Å²) in [7, 11) is 0. The standard InChI is InChI=1S/C14H25N5O2/c1-10-7-18-19(9-10)12(3)11(2)17-8-14(21)16-6-5-15-13(4)20/h7,9,11-12,17H,5-6,8H2,1-4H3,(H,15,20)(H,16,21)/t11-,12-/m1/s1. The molecule has 0 aromatic carbocycles. The van der Waals surface area contributed by atoms with Crippen LogP contribution in [-0.4, -0.2) is 47.3 Å². The third-order valence-electron chi connectivity index (χ3n) is 3.28. The van der Waals surface area contributed by atoms with E-state index in [4.69, 9.17) is 0 Å². The SMILES string of the molecule is CC(=O)NCCNC(=O)CN[C@H](C)[C@@H](C)n1cc(C)cn1. The highest BCUT2D eigenvalue weighted by atomic mass is 16.2. The van der Waals surface area contributed by atoms with Crippen molar-refractivity contribution < 1.29 is 9.59 Å². The minimum Gasteiger partial charge on any atom is -0.355 e. The van der Waals surface area contributed by atoms with Crippen LogP contribution in [0.25, 0.3) is 0 Å². The van der Waals surface area contributed by atoms with Crippen LogP contribution in [0.15, 0.2) is 12.4 Å². The molecule has 0 saturated carbocycles. The van der Waals surface area contributed by atoms with Crippen molar-refractivity contribution in [3.8, 4) is 0 Å². The van der Waals surface area contributed by atoms with Crippen molar-refractivity contribution in [3.05, 3.63) is 18.0 Å². The number of carbonyl (C=O) groups is 2. The number of aromatic nitrogens is 2. The molecule has 1 heterocycles. The Kier molecular flexibility index (Phi) is 6.87. The molecule has 0 aliphatic carbocycles. The predicted octanol–water partition coefficient (Wildman–Crippen LogP) is -0.0171. The first kappa shape index (κ1) is 17.2. The van der Waals surface area contributed by atoms with Gasteiger partial charge in [0, 0.05) is 32.3 Å².